The predicted molar refractivity (Wildman–Crippen MR) is 217 cm³/mol. The van der Waals surface area contributed by atoms with E-state index >= 15 is 0 Å². The van der Waals surface area contributed by atoms with Crippen LogP contribution in [0.15, 0.2) is 77.8 Å². The van der Waals surface area contributed by atoms with E-state index in [1.807, 2.05) is 54.6 Å². The van der Waals surface area contributed by atoms with Crippen molar-refractivity contribution in [1.29, 1.82) is 0 Å². The quantitative estimate of drug-likeness (QED) is 0.0643. The van der Waals surface area contributed by atoms with E-state index in [1.165, 1.54) is 0 Å². The number of nitrogens with one attached hydrogen (secondary N) is 1. The third-order valence-electron chi connectivity index (χ3n) is 11.6. The highest BCUT2D eigenvalue weighted by Gasteiger charge is 2.56. The second-order valence-corrected chi connectivity index (χ2v) is 15.6. The molecule has 5 unspecified atom stereocenters. The van der Waals surface area contributed by atoms with Crippen LogP contribution in [0, 0.1) is 0 Å². The smallest absolute Gasteiger partial charge is 0.494 e. The van der Waals surface area contributed by atoms with Crippen LogP contribution >= 0.6 is 0 Å². The van der Waals surface area contributed by atoms with Crippen LogP contribution in [0.3, 0.4) is 0 Å². The Kier molecular flexibility index (Phi) is 12.7. The number of carbonyl (C=O) groups is 1. The third kappa shape index (κ3) is 8.46. The Balaban J connectivity index is 1.03. The lowest BCUT2D eigenvalue weighted by Gasteiger charge is -2.44. The van der Waals surface area contributed by atoms with E-state index in [-0.39, 0.29) is 11.8 Å². The lowest BCUT2D eigenvalue weighted by Crippen LogP contribution is -2.63. The summed E-state index contributed by atoms with van der Waals surface area (Å²) in [5, 5.41) is 73.9. The fourth-order valence-electron chi connectivity index (χ4n) is 8.01. The van der Waals surface area contributed by atoms with Crippen molar-refractivity contribution in [2.24, 2.45) is 4.99 Å². The van der Waals surface area contributed by atoms with E-state index in [0.717, 1.165) is 37.4 Å². The van der Waals surface area contributed by atoms with Crippen LogP contribution in [0.2, 0.25) is 0 Å². The number of carbonyl (C=O) groups excluding carboxylic acids is 1. The number of ether oxygens (including phenoxy) is 3. The van der Waals surface area contributed by atoms with Crippen LogP contribution < -0.4 is 10.4 Å². The molecule has 4 fully saturated rings. The summed E-state index contributed by atoms with van der Waals surface area (Å²) in [4.78, 5) is 27.2. The summed E-state index contributed by atoms with van der Waals surface area (Å²) in [5.74, 6) is -0.142. The van der Waals surface area contributed by atoms with Crippen molar-refractivity contribution in [3.63, 3.8) is 0 Å². The molecule has 4 aromatic rings. The number of likely N-dealkylation sites (N-methyl/N-ethyl adjacent to an activating group) is 2. The normalized spacial score (nSPS) is 30.5. The predicted octanol–water partition coefficient (Wildman–Crippen LogP) is -1.37. The Bertz CT molecular complexity index is 2140. The van der Waals surface area contributed by atoms with Gasteiger partial charge < -0.3 is 74.0 Å². The van der Waals surface area contributed by atoms with E-state index < -0.39 is 81.7 Å². The number of anilines is 1. The molecular weight excluding hydrogens is 781 g/mol. The Hall–Kier alpha value is -4.32. The van der Waals surface area contributed by atoms with Gasteiger partial charge in [-0.2, -0.15) is 0 Å². The molecule has 3 aromatic carbocycles. The minimum atomic E-state index is -1.74. The summed E-state index contributed by atoms with van der Waals surface area (Å²) in [5.41, 5.74) is 4.00. The van der Waals surface area contributed by atoms with E-state index in [1.54, 1.807) is 30.1 Å². The molecule has 5 heterocycles. The number of nitrogens with zero attached hydrogens (tertiary/aromatic N) is 4. The van der Waals surface area contributed by atoms with Gasteiger partial charge in [0.05, 0.1) is 36.7 Å². The van der Waals surface area contributed by atoms with Gasteiger partial charge in [-0.1, -0.05) is 42.5 Å². The number of hydrogen-bond acceptors (Lipinski definition) is 16. The molecule has 1 amide bonds. The van der Waals surface area contributed by atoms with E-state index in [2.05, 4.69) is 21.8 Å². The average Bonchev–Trinajstić information content (AvgIpc) is 3.86. The van der Waals surface area contributed by atoms with Crippen molar-refractivity contribution in [2.75, 3.05) is 64.9 Å². The van der Waals surface area contributed by atoms with Gasteiger partial charge in [-0.3, -0.25) is 9.69 Å². The minimum absolute atomic E-state index is 0.00359. The maximum Gasteiger partial charge on any atom is 0.494 e. The van der Waals surface area contributed by atoms with E-state index in [0.29, 0.717) is 39.9 Å². The molecule has 60 heavy (non-hydrogen) atoms. The number of H-pyrrole nitrogens is 1. The summed E-state index contributed by atoms with van der Waals surface area (Å²) in [6.45, 7) is 2.58. The van der Waals surface area contributed by atoms with Gasteiger partial charge in [0, 0.05) is 55.4 Å². The maximum atomic E-state index is 13.1. The molecule has 8 N–H and O–H groups in total. The first-order valence-corrected chi connectivity index (χ1v) is 19.9. The highest BCUT2D eigenvalue weighted by Crippen LogP contribution is 2.36. The Morgan fingerprint density at radius 1 is 0.850 bits per heavy atom. The molecule has 0 bridgehead atoms. The molecule has 0 aliphatic carbocycles. The molecule has 10 atom stereocenters. The van der Waals surface area contributed by atoms with Crippen LogP contribution in [0.25, 0.3) is 10.9 Å². The number of aromatic nitrogens is 1. The summed E-state index contributed by atoms with van der Waals surface area (Å²) >= 11 is 0. The van der Waals surface area contributed by atoms with Gasteiger partial charge in [-0.15, -0.1) is 0 Å². The Morgan fingerprint density at radius 3 is 2.22 bits per heavy atom. The number of hydrogen-bond donors (Lipinski definition) is 8. The summed E-state index contributed by atoms with van der Waals surface area (Å²) in [7, 11) is 2.74. The average molecular weight is 832 g/mol. The third-order valence-corrected chi connectivity index (χ3v) is 11.6. The van der Waals surface area contributed by atoms with Gasteiger partial charge in [-0.25, -0.2) is 4.99 Å². The number of piperazine rings is 1. The molecule has 19 heteroatoms. The topological polar surface area (TPSA) is 243 Å². The molecule has 320 valence electrons. The molecule has 0 spiro atoms. The van der Waals surface area contributed by atoms with Crippen LogP contribution in [0.1, 0.15) is 11.1 Å². The van der Waals surface area contributed by atoms with Crippen molar-refractivity contribution in [2.45, 2.75) is 61.4 Å². The Morgan fingerprint density at radius 2 is 1.52 bits per heavy atom. The van der Waals surface area contributed by atoms with Crippen molar-refractivity contribution in [3.8, 4) is 5.88 Å². The van der Waals surface area contributed by atoms with Gasteiger partial charge in [0.15, 0.2) is 18.5 Å². The number of aliphatic hydroxyl groups excluding tert-OH is 6. The SMILES string of the molecule is CN1CCN(CC(=O)N(C)c2ccc(N=C(c3ccccc3)c3c(O)[nH]c4cc(B5OC6[C@H](O)C(CO)OC(O[C@H]7OC(CO)[C@@H](O)C(O)[C@H]7O)[C@@H]6O5)ccc34)cc2)CC1. The number of fused-ring (bicyclic) bond motifs is 2. The lowest BCUT2D eigenvalue weighted by atomic mass is 9.79. The maximum absolute atomic E-state index is 13.1. The Labute approximate surface area is 345 Å². The van der Waals surface area contributed by atoms with Crippen molar-refractivity contribution >= 4 is 46.5 Å². The van der Waals surface area contributed by atoms with E-state index in [9.17, 15) is 40.5 Å². The fourth-order valence-corrected chi connectivity index (χ4v) is 8.01. The number of aliphatic hydroxyl groups is 6. The minimum Gasteiger partial charge on any atom is -0.494 e. The molecule has 4 aliphatic heterocycles. The molecule has 4 aliphatic rings. The zero-order valence-electron chi connectivity index (χ0n) is 33.1. The fraction of sp³-hybridized carbons (Fsp3) is 0.463. The van der Waals surface area contributed by atoms with Gasteiger partial charge in [0.2, 0.25) is 5.91 Å². The molecule has 4 saturated heterocycles. The number of amides is 1. The number of aromatic amines is 1. The molecule has 0 radical (unpaired) electrons. The standard InChI is InChI=1S/C41H50BN5O13/c1-45-14-16-47(17-15-45)19-30(50)46(2)25-11-9-24(10-12-25)43-32(22-6-4-3-5-7-22)31-26-13-8-23(18-27(26)44-39(31)55)42-59-37-34(52)29(21-49)57-41(38(37)60-42)58-40-36(54)35(53)33(51)28(20-48)56-40/h3-13,18,28-29,33-38,40-41,44,48-49,51-55H,14-17,19-21H2,1-2H3/t28?,29?,33-,34-,35?,36-,37?,38-,40-,41?/m1/s1. The monoisotopic (exact) mass is 831 g/mol. The van der Waals surface area contributed by atoms with Gasteiger partial charge in [0.25, 0.3) is 0 Å². The molecule has 18 nitrogen and oxygen atoms in total. The second-order valence-electron chi connectivity index (χ2n) is 15.6. The second kappa shape index (κ2) is 18.0. The summed E-state index contributed by atoms with van der Waals surface area (Å²) < 4.78 is 29.6. The number of benzene rings is 3. The van der Waals surface area contributed by atoms with Crippen molar-refractivity contribution in [1.82, 2.24) is 14.8 Å². The molecule has 8 rings (SSSR count). The summed E-state index contributed by atoms with van der Waals surface area (Å²) in [6.07, 6.45) is -14.0. The largest absolute Gasteiger partial charge is 0.494 e. The number of rotatable bonds is 11. The van der Waals surface area contributed by atoms with Gasteiger partial charge in [-0.05, 0) is 42.8 Å². The summed E-state index contributed by atoms with van der Waals surface area (Å²) in [6, 6.07) is 22.0. The van der Waals surface area contributed by atoms with Crippen LogP contribution in [0.4, 0.5) is 11.4 Å². The van der Waals surface area contributed by atoms with Crippen LogP contribution in [0.5, 0.6) is 5.88 Å². The number of aliphatic imine (C=N–C) groups is 1. The van der Waals surface area contributed by atoms with Crippen molar-refractivity contribution < 1.29 is 64.1 Å². The first-order valence-electron chi connectivity index (χ1n) is 19.9. The van der Waals surface area contributed by atoms with Gasteiger partial charge in [0.1, 0.15) is 48.8 Å². The van der Waals surface area contributed by atoms with Crippen LogP contribution in [-0.2, 0) is 28.3 Å². The lowest BCUT2D eigenvalue weighted by molar-refractivity contribution is -0.368. The van der Waals surface area contributed by atoms with E-state index in [4.69, 9.17) is 28.5 Å². The molecule has 0 saturated carbocycles. The van der Waals surface area contributed by atoms with Crippen molar-refractivity contribution in [3.05, 3.63) is 83.9 Å². The molecular formula is C41H50BN5O13. The van der Waals surface area contributed by atoms with Gasteiger partial charge >= 0.3 is 7.12 Å². The zero-order valence-corrected chi connectivity index (χ0v) is 33.1. The highest BCUT2D eigenvalue weighted by atomic mass is 16.8. The first-order chi connectivity index (χ1) is 28.9. The molecule has 1 aromatic heterocycles. The van der Waals surface area contributed by atoms with Crippen LogP contribution in [-0.4, -0.2) is 191 Å². The first kappa shape index (κ1) is 42.4. The zero-order chi connectivity index (χ0) is 42.2. The highest BCUT2D eigenvalue weighted by molar-refractivity contribution is 6.62. The number of aromatic hydroxyl groups is 1.